The standard InChI is InChI=1S/C34H36F4O3/c1-3-5-6-20-40-30-19-14-25(31(35)34(30)38)21-41-26-15-12-23(13-16-26)28-18-17-27(32(36)33(28)37)22-8-10-24(11-9-22)29(39)7-4-2/h1,8-11,14,17-19,23,26,29,39H,4-7,12-13,15-16,20-21H2,2H3. The molecule has 1 N–H and O–H groups in total. The molecule has 0 aromatic heterocycles. The largest absolute Gasteiger partial charge is 0.490 e. The summed E-state index contributed by atoms with van der Waals surface area (Å²) in [6, 6.07) is 13.0. The highest BCUT2D eigenvalue weighted by atomic mass is 19.2. The van der Waals surface area contributed by atoms with Crippen molar-refractivity contribution in [3.05, 3.63) is 88.5 Å². The number of rotatable bonds is 12. The van der Waals surface area contributed by atoms with Crippen molar-refractivity contribution in [2.45, 2.75) is 83.0 Å². The molecular formula is C34H36F4O3. The highest BCUT2D eigenvalue weighted by Crippen LogP contribution is 2.38. The van der Waals surface area contributed by atoms with Gasteiger partial charge in [-0.2, -0.15) is 4.39 Å². The summed E-state index contributed by atoms with van der Waals surface area (Å²) in [4.78, 5) is 0. The Morgan fingerprint density at radius 1 is 0.902 bits per heavy atom. The van der Waals surface area contributed by atoms with Gasteiger partial charge in [-0.05, 0) is 73.3 Å². The Balaban J connectivity index is 1.32. The van der Waals surface area contributed by atoms with Crippen molar-refractivity contribution in [3.8, 4) is 29.2 Å². The molecule has 1 saturated carbocycles. The van der Waals surface area contributed by atoms with Gasteiger partial charge in [-0.25, -0.2) is 13.2 Å². The Bertz CT molecular complexity index is 1340. The van der Waals surface area contributed by atoms with Crippen LogP contribution in [0.2, 0.25) is 0 Å². The third-order valence-electron chi connectivity index (χ3n) is 7.72. The van der Waals surface area contributed by atoms with E-state index in [2.05, 4.69) is 5.92 Å². The Labute approximate surface area is 239 Å². The van der Waals surface area contributed by atoms with Gasteiger partial charge in [0.25, 0.3) is 0 Å². The summed E-state index contributed by atoms with van der Waals surface area (Å²) >= 11 is 0. The number of unbranched alkanes of at least 4 members (excludes halogenated alkanes) is 1. The van der Waals surface area contributed by atoms with E-state index in [1.807, 2.05) is 6.92 Å². The SMILES string of the molecule is C#CCCCOc1ccc(COC2CCC(c3ccc(-c4ccc(C(O)CCC)cc4)c(F)c3F)CC2)c(F)c1F. The van der Waals surface area contributed by atoms with Crippen molar-refractivity contribution in [3.63, 3.8) is 0 Å². The van der Waals surface area contributed by atoms with Crippen LogP contribution in [-0.2, 0) is 11.3 Å². The Hall–Kier alpha value is -3.34. The van der Waals surface area contributed by atoms with E-state index < -0.39 is 29.4 Å². The Morgan fingerprint density at radius 3 is 2.32 bits per heavy atom. The van der Waals surface area contributed by atoms with E-state index >= 15 is 8.78 Å². The minimum absolute atomic E-state index is 0.0946. The van der Waals surface area contributed by atoms with E-state index in [1.165, 1.54) is 12.1 Å². The second-order valence-corrected chi connectivity index (χ2v) is 10.5. The summed E-state index contributed by atoms with van der Waals surface area (Å²) in [5.41, 5.74) is 1.91. The number of hydrogen-bond donors (Lipinski definition) is 1. The van der Waals surface area contributed by atoms with E-state index in [-0.39, 0.29) is 42.1 Å². The van der Waals surface area contributed by atoms with Crippen LogP contribution in [0.3, 0.4) is 0 Å². The van der Waals surface area contributed by atoms with Crippen LogP contribution in [0.25, 0.3) is 11.1 Å². The molecule has 0 heterocycles. The van der Waals surface area contributed by atoms with E-state index in [4.69, 9.17) is 15.9 Å². The van der Waals surface area contributed by atoms with Crippen LogP contribution in [0.1, 0.15) is 87.0 Å². The van der Waals surface area contributed by atoms with Crippen LogP contribution in [0.5, 0.6) is 5.75 Å². The van der Waals surface area contributed by atoms with Crippen molar-refractivity contribution in [2.75, 3.05) is 6.61 Å². The molecule has 1 aliphatic rings. The molecule has 0 radical (unpaired) electrons. The van der Waals surface area contributed by atoms with Gasteiger partial charge in [-0.1, -0.05) is 49.7 Å². The summed E-state index contributed by atoms with van der Waals surface area (Å²) in [6.07, 6.45) is 9.29. The quantitative estimate of drug-likeness (QED) is 0.135. The predicted octanol–water partition coefficient (Wildman–Crippen LogP) is 8.78. The molecule has 218 valence electrons. The minimum Gasteiger partial charge on any atom is -0.490 e. The third-order valence-corrected chi connectivity index (χ3v) is 7.72. The molecule has 0 bridgehead atoms. The van der Waals surface area contributed by atoms with Gasteiger partial charge in [0.1, 0.15) is 0 Å². The maximum absolute atomic E-state index is 15.2. The second kappa shape index (κ2) is 14.5. The molecule has 1 unspecified atom stereocenters. The molecule has 0 aliphatic heterocycles. The molecule has 3 nitrogen and oxygen atoms in total. The molecule has 4 rings (SSSR count). The van der Waals surface area contributed by atoms with Gasteiger partial charge in [0.2, 0.25) is 5.82 Å². The number of hydrogen-bond acceptors (Lipinski definition) is 3. The van der Waals surface area contributed by atoms with Crippen LogP contribution < -0.4 is 4.74 Å². The molecule has 0 amide bonds. The Kier molecular flexibility index (Phi) is 10.8. The lowest BCUT2D eigenvalue weighted by Crippen LogP contribution is -2.21. The number of aliphatic hydroxyl groups is 1. The molecule has 0 spiro atoms. The normalized spacial score (nSPS) is 17.7. The molecule has 3 aromatic rings. The molecule has 41 heavy (non-hydrogen) atoms. The van der Waals surface area contributed by atoms with E-state index in [1.54, 1.807) is 36.4 Å². The number of terminal acetylenes is 1. The summed E-state index contributed by atoms with van der Waals surface area (Å²) in [5, 5.41) is 10.2. The zero-order valence-electron chi connectivity index (χ0n) is 23.3. The summed E-state index contributed by atoms with van der Waals surface area (Å²) in [5.74, 6) is -1.65. The molecule has 7 heteroatoms. The van der Waals surface area contributed by atoms with Gasteiger partial charge in [-0.15, -0.1) is 12.3 Å². The van der Waals surface area contributed by atoms with Gasteiger partial charge in [0.05, 0.1) is 25.4 Å². The third kappa shape index (κ3) is 7.49. The molecule has 3 aromatic carbocycles. The van der Waals surface area contributed by atoms with Gasteiger partial charge in [0, 0.05) is 17.5 Å². The number of halogens is 4. The number of ether oxygens (including phenoxy) is 2. The first-order valence-corrected chi connectivity index (χ1v) is 14.2. The average molecular weight is 569 g/mol. The monoisotopic (exact) mass is 568 g/mol. The van der Waals surface area contributed by atoms with Gasteiger partial charge in [0.15, 0.2) is 23.2 Å². The average Bonchev–Trinajstić information content (AvgIpc) is 2.99. The fourth-order valence-corrected chi connectivity index (χ4v) is 5.33. The lowest BCUT2D eigenvalue weighted by atomic mass is 9.82. The highest BCUT2D eigenvalue weighted by Gasteiger charge is 2.27. The molecule has 1 aliphatic carbocycles. The summed E-state index contributed by atoms with van der Waals surface area (Å²) in [7, 11) is 0. The van der Waals surface area contributed by atoms with E-state index in [9.17, 15) is 13.9 Å². The van der Waals surface area contributed by atoms with E-state index in [0.29, 0.717) is 56.1 Å². The lowest BCUT2D eigenvalue weighted by molar-refractivity contribution is 0.0116. The van der Waals surface area contributed by atoms with Crippen LogP contribution in [0, 0.1) is 35.6 Å². The minimum atomic E-state index is -1.05. The smallest absolute Gasteiger partial charge is 0.200 e. The molecule has 1 atom stereocenters. The zero-order valence-corrected chi connectivity index (χ0v) is 23.3. The van der Waals surface area contributed by atoms with Gasteiger partial charge in [-0.3, -0.25) is 0 Å². The van der Waals surface area contributed by atoms with Crippen molar-refractivity contribution in [1.29, 1.82) is 0 Å². The molecule has 1 fully saturated rings. The van der Waals surface area contributed by atoms with Crippen molar-refractivity contribution in [2.24, 2.45) is 0 Å². The summed E-state index contributed by atoms with van der Waals surface area (Å²) in [6.45, 7) is 2.09. The number of aliphatic hydroxyl groups excluding tert-OH is 1. The van der Waals surface area contributed by atoms with Gasteiger partial charge >= 0.3 is 0 Å². The van der Waals surface area contributed by atoms with Gasteiger partial charge < -0.3 is 14.6 Å². The second-order valence-electron chi connectivity index (χ2n) is 10.5. The fraction of sp³-hybridized carbons (Fsp3) is 0.412. The first-order valence-electron chi connectivity index (χ1n) is 14.2. The zero-order chi connectivity index (χ0) is 29.4. The summed E-state index contributed by atoms with van der Waals surface area (Å²) < 4.78 is 70.4. The first-order chi connectivity index (χ1) is 19.8. The Morgan fingerprint density at radius 2 is 1.63 bits per heavy atom. The van der Waals surface area contributed by atoms with Crippen LogP contribution >= 0.6 is 0 Å². The first kappa shape index (κ1) is 30.6. The van der Waals surface area contributed by atoms with Crippen molar-refractivity contribution < 1.29 is 32.1 Å². The fourth-order valence-electron chi connectivity index (χ4n) is 5.33. The molecular weight excluding hydrogens is 532 g/mol. The van der Waals surface area contributed by atoms with Crippen LogP contribution in [0.4, 0.5) is 17.6 Å². The van der Waals surface area contributed by atoms with E-state index in [0.717, 1.165) is 12.0 Å². The van der Waals surface area contributed by atoms with Crippen LogP contribution in [-0.4, -0.2) is 17.8 Å². The maximum Gasteiger partial charge on any atom is 0.200 e. The lowest BCUT2D eigenvalue weighted by Gasteiger charge is -2.29. The maximum atomic E-state index is 15.2. The topological polar surface area (TPSA) is 38.7 Å². The highest BCUT2D eigenvalue weighted by molar-refractivity contribution is 5.65. The van der Waals surface area contributed by atoms with Crippen molar-refractivity contribution >= 4 is 0 Å². The number of benzene rings is 3. The van der Waals surface area contributed by atoms with Crippen LogP contribution in [0.15, 0.2) is 48.5 Å². The van der Waals surface area contributed by atoms with Crippen molar-refractivity contribution in [1.82, 2.24) is 0 Å². The molecule has 0 saturated heterocycles. The predicted molar refractivity (Wildman–Crippen MR) is 151 cm³/mol.